The van der Waals surface area contributed by atoms with E-state index in [4.69, 9.17) is 23.8 Å². The van der Waals surface area contributed by atoms with Gasteiger partial charge in [0.25, 0.3) is 0 Å². The smallest absolute Gasteiger partial charge is 0.236 e. The van der Waals surface area contributed by atoms with E-state index in [9.17, 15) is 4.79 Å². The molecule has 1 aromatic carbocycles. The molecule has 0 saturated carbocycles. The molecule has 7 heteroatoms. The van der Waals surface area contributed by atoms with E-state index in [0.717, 1.165) is 68.9 Å². The molecule has 1 aromatic rings. The summed E-state index contributed by atoms with van der Waals surface area (Å²) in [5.41, 5.74) is 3.12. The summed E-state index contributed by atoms with van der Waals surface area (Å²) in [6.07, 6.45) is 4.77. The van der Waals surface area contributed by atoms with Gasteiger partial charge in [-0.05, 0) is 56.1 Å². The Labute approximate surface area is 179 Å². The quantitative estimate of drug-likeness (QED) is 0.752. The van der Waals surface area contributed by atoms with Gasteiger partial charge in [0.05, 0.1) is 17.3 Å². The molecule has 0 unspecified atom stereocenters. The average Bonchev–Trinajstić information content (AvgIpc) is 2.94. The molecule has 2 aliphatic heterocycles. The van der Waals surface area contributed by atoms with Crippen molar-refractivity contribution in [2.75, 3.05) is 51.1 Å². The van der Waals surface area contributed by atoms with Crippen molar-refractivity contribution in [3.05, 3.63) is 28.3 Å². The van der Waals surface area contributed by atoms with Gasteiger partial charge in [0, 0.05) is 39.3 Å². The van der Waals surface area contributed by atoms with Crippen LogP contribution in [0.1, 0.15) is 36.8 Å². The minimum absolute atomic E-state index is 0.276. The summed E-state index contributed by atoms with van der Waals surface area (Å²) in [5, 5.41) is 4.72. The number of rotatable bonds is 3. The number of anilines is 1. The summed E-state index contributed by atoms with van der Waals surface area (Å²) in [7, 11) is 0. The van der Waals surface area contributed by atoms with Crippen LogP contribution < -0.4 is 5.32 Å². The van der Waals surface area contributed by atoms with E-state index in [1.807, 2.05) is 24.8 Å². The second-order valence-electron chi connectivity index (χ2n) is 7.93. The van der Waals surface area contributed by atoms with Crippen LogP contribution >= 0.6 is 23.8 Å². The monoisotopic (exact) mass is 422 g/mol. The molecule has 0 aromatic heterocycles. The highest BCUT2D eigenvalue weighted by molar-refractivity contribution is 7.80. The van der Waals surface area contributed by atoms with Crippen LogP contribution in [-0.4, -0.2) is 71.5 Å². The molecule has 0 atom stereocenters. The lowest BCUT2D eigenvalue weighted by atomic mass is 10.1. The minimum atomic E-state index is 0.276. The van der Waals surface area contributed by atoms with E-state index in [2.05, 4.69) is 21.2 Å². The summed E-state index contributed by atoms with van der Waals surface area (Å²) in [4.78, 5) is 19.1. The van der Waals surface area contributed by atoms with Gasteiger partial charge in [0.2, 0.25) is 5.91 Å². The fourth-order valence-electron chi connectivity index (χ4n) is 3.98. The average molecular weight is 423 g/mol. The third-order valence-electron chi connectivity index (χ3n) is 5.64. The summed E-state index contributed by atoms with van der Waals surface area (Å²) >= 11 is 12.0. The molecule has 0 aliphatic carbocycles. The topological polar surface area (TPSA) is 38.8 Å². The third-order valence-corrected chi connectivity index (χ3v) is 6.30. The molecular formula is C21H31ClN4OS. The van der Waals surface area contributed by atoms with Gasteiger partial charge in [-0.2, -0.15) is 0 Å². The molecule has 2 fully saturated rings. The van der Waals surface area contributed by atoms with Crippen LogP contribution in [0.4, 0.5) is 5.69 Å². The highest BCUT2D eigenvalue weighted by atomic mass is 35.5. The zero-order chi connectivity index (χ0) is 20.1. The van der Waals surface area contributed by atoms with Crippen LogP contribution in [0.5, 0.6) is 0 Å². The highest BCUT2D eigenvalue weighted by Crippen LogP contribution is 2.27. The first-order valence-electron chi connectivity index (χ1n) is 10.3. The summed E-state index contributed by atoms with van der Waals surface area (Å²) < 4.78 is 0. The number of halogens is 1. The number of nitrogens with one attached hydrogen (secondary N) is 1. The van der Waals surface area contributed by atoms with Crippen molar-refractivity contribution >= 4 is 40.5 Å². The van der Waals surface area contributed by atoms with Crippen LogP contribution in [-0.2, 0) is 4.79 Å². The predicted octanol–water partition coefficient (Wildman–Crippen LogP) is 3.67. The van der Waals surface area contributed by atoms with Crippen molar-refractivity contribution in [3.63, 3.8) is 0 Å². The van der Waals surface area contributed by atoms with E-state index in [1.54, 1.807) is 0 Å². The molecule has 154 valence electrons. The number of benzene rings is 1. The van der Waals surface area contributed by atoms with Gasteiger partial charge in [0.15, 0.2) is 5.11 Å². The van der Waals surface area contributed by atoms with Crippen LogP contribution in [0.15, 0.2) is 12.1 Å². The van der Waals surface area contributed by atoms with Crippen molar-refractivity contribution in [2.45, 2.75) is 39.5 Å². The summed E-state index contributed by atoms with van der Waals surface area (Å²) in [5.74, 6) is 0.276. The SMILES string of the molecule is Cc1cc(C)c(NC(=S)N2CCN(CC(=O)N3CCCCCC3)CC2)c(Cl)c1. The van der Waals surface area contributed by atoms with Crippen molar-refractivity contribution < 1.29 is 4.79 Å². The van der Waals surface area contributed by atoms with Crippen LogP contribution in [0.3, 0.4) is 0 Å². The molecule has 1 amide bonds. The Kier molecular flexibility index (Phi) is 7.55. The maximum atomic E-state index is 12.6. The molecule has 2 saturated heterocycles. The Morgan fingerprint density at radius 2 is 1.64 bits per heavy atom. The van der Waals surface area contributed by atoms with E-state index < -0.39 is 0 Å². The fraction of sp³-hybridized carbons (Fsp3) is 0.619. The van der Waals surface area contributed by atoms with Gasteiger partial charge in [-0.15, -0.1) is 0 Å². The standard InChI is InChI=1S/C21H31ClN4OS/c1-16-13-17(2)20(18(22)14-16)23-21(28)26-11-9-24(10-12-26)15-19(27)25-7-5-3-4-6-8-25/h13-14H,3-12,15H2,1-2H3,(H,23,28). The lowest BCUT2D eigenvalue weighted by Gasteiger charge is -2.36. The van der Waals surface area contributed by atoms with Crippen LogP contribution in [0, 0.1) is 13.8 Å². The number of thiocarbonyl (C=S) groups is 1. The first kappa shape index (κ1) is 21.3. The largest absolute Gasteiger partial charge is 0.346 e. The molecule has 5 nitrogen and oxygen atoms in total. The van der Waals surface area contributed by atoms with Gasteiger partial charge in [-0.3, -0.25) is 9.69 Å². The minimum Gasteiger partial charge on any atom is -0.346 e. The Bertz CT molecular complexity index is 687. The molecule has 0 radical (unpaired) electrons. The predicted molar refractivity (Wildman–Crippen MR) is 120 cm³/mol. The number of hydrogen-bond acceptors (Lipinski definition) is 3. The molecule has 2 heterocycles. The molecular weight excluding hydrogens is 392 g/mol. The molecule has 28 heavy (non-hydrogen) atoms. The van der Waals surface area contributed by atoms with E-state index in [-0.39, 0.29) is 5.91 Å². The van der Waals surface area contributed by atoms with Crippen LogP contribution in [0.2, 0.25) is 5.02 Å². The number of hydrogen-bond donors (Lipinski definition) is 1. The maximum absolute atomic E-state index is 12.6. The van der Waals surface area contributed by atoms with Crippen molar-refractivity contribution in [3.8, 4) is 0 Å². The summed E-state index contributed by atoms with van der Waals surface area (Å²) in [6.45, 7) is 9.78. The van der Waals surface area contributed by atoms with Crippen molar-refractivity contribution in [2.24, 2.45) is 0 Å². The van der Waals surface area contributed by atoms with Gasteiger partial charge in [0.1, 0.15) is 0 Å². The number of carbonyl (C=O) groups is 1. The zero-order valence-electron chi connectivity index (χ0n) is 17.0. The lowest BCUT2D eigenvalue weighted by molar-refractivity contribution is -0.132. The molecule has 0 bridgehead atoms. The highest BCUT2D eigenvalue weighted by Gasteiger charge is 2.23. The fourth-order valence-corrected chi connectivity index (χ4v) is 4.63. The summed E-state index contributed by atoms with van der Waals surface area (Å²) in [6, 6.07) is 4.05. The van der Waals surface area contributed by atoms with Crippen LogP contribution in [0.25, 0.3) is 0 Å². The van der Waals surface area contributed by atoms with Gasteiger partial charge >= 0.3 is 0 Å². The molecule has 1 N–H and O–H groups in total. The van der Waals surface area contributed by atoms with E-state index >= 15 is 0 Å². The van der Waals surface area contributed by atoms with Gasteiger partial charge < -0.3 is 15.1 Å². The lowest BCUT2D eigenvalue weighted by Crippen LogP contribution is -2.52. The Morgan fingerprint density at radius 1 is 1.00 bits per heavy atom. The first-order chi connectivity index (χ1) is 13.4. The number of amides is 1. The molecule has 3 rings (SSSR count). The van der Waals surface area contributed by atoms with Crippen molar-refractivity contribution in [1.29, 1.82) is 0 Å². The second-order valence-corrected chi connectivity index (χ2v) is 8.72. The number of nitrogens with zero attached hydrogens (tertiary/aromatic N) is 3. The molecule has 0 spiro atoms. The van der Waals surface area contributed by atoms with Gasteiger partial charge in [-0.1, -0.05) is 30.5 Å². The Hall–Kier alpha value is -1.37. The number of piperazine rings is 1. The zero-order valence-corrected chi connectivity index (χ0v) is 18.5. The first-order valence-corrected chi connectivity index (χ1v) is 11.1. The van der Waals surface area contributed by atoms with Crippen molar-refractivity contribution in [1.82, 2.24) is 14.7 Å². The molecule has 2 aliphatic rings. The Morgan fingerprint density at radius 3 is 2.25 bits per heavy atom. The number of likely N-dealkylation sites (tertiary alicyclic amines) is 1. The second kappa shape index (κ2) is 9.90. The van der Waals surface area contributed by atoms with E-state index in [1.165, 1.54) is 12.8 Å². The number of carbonyl (C=O) groups excluding carboxylic acids is 1. The Balaban J connectivity index is 1.48. The maximum Gasteiger partial charge on any atom is 0.236 e. The van der Waals surface area contributed by atoms with Gasteiger partial charge in [-0.25, -0.2) is 0 Å². The van der Waals surface area contributed by atoms with E-state index in [0.29, 0.717) is 16.7 Å². The third kappa shape index (κ3) is 5.58. The number of aryl methyl sites for hydroxylation is 2. The normalized spacial score (nSPS) is 18.7.